The highest BCUT2D eigenvalue weighted by molar-refractivity contribution is 5.78. The average Bonchev–Trinajstić information content (AvgIpc) is 3.62. The molecule has 4 aromatic rings. The van der Waals surface area contributed by atoms with Crippen LogP contribution in [0, 0.1) is 0 Å². The Morgan fingerprint density at radius 2 is 1.64 bits per heavy atom. The van der Waals surface area contributed by atoms with Crippen molar-refractivity contribution < 1.29 is 18.7 Å². The lowest BCUT2D eigenvalue weighted by molar-refractivity contribution is -0.132. The van der Waals surface area contributed by atoms with Gasteiger partial charge < -0.3 is 18.8 Å². The Hall–Kier alpha value is -4.13. The number of benzene rings is 3. The molecule has 2 aliphatic rings. The van der Waals surface area contributed by atoms with Gasteiger partial charge in [0.05, 0.1) is 5.92 Å². The number of hydrogen-bond donors (Lipinski definition) is 0. The highest BCUT2D eigenvalue weighted by atomic mass is 16.7. The number of rotatable bonds is 6. The maximum atomic E-state index is 13.5. The first-order valence-corrected chi connectivity index (χ1v) is 12.4. The lowest BCUT2D eigenvalue weighted by Crippen LogP contribution is -2.39. The molecule has 0 bridgehead atoms. The number of fused-ring (bicyclic) bond motifs is 1. The van der Waals surface area contributed by atoms with Crippen molar-refractivity contribution in [1.82, 2.24) is 15.1 Å². The number of amides is 1. The quantitative estimate of drug-likeness (QED) is 0.367. The van der Waals surface area contributed by atoms with Crippen LogP contribution in [-0.2, 0) is 4.79 Å². The SMILES string of the molecule is O=C(CC(c1ccccc1)c1ccccc1)N1CCCC(c2nnc(-c3ccc4c(c3)OCO4)o2)C1. The van der Waals surface area contributed by atoms with E-state index in [1.165, 1.54) is 0 Å². The molecule has 1 aromatic heterocycles. The molecule has 3 aromatic carbocycles. The first-order chi connectivity index (χ1) is 17.7. The van der Waals surface area contributed by atoms with Crippen LogP contribution >= 0.6 is 0 Å². The Balaban J connectivity index is 1.17. The molecule has 7 heteroatoms. The molecule has 0 aliphatic carbocycles. The van der Waals surface area contributed by atoms with Crippen LogP contribution in [0.4, 0.5) is 0 Å². The molecular formula is C29H27N3O4. The van der Waals surface area contributed by atoms with E-state index in [1.807, 2.05) is 59.5 Å². The molecular weight excluding hydrogens is 454 g/mol. The largest absolute Gasteiger partial charge is 0.454 e. The zero-order valence-corrected chi connectivity index (χ0v) is 19.9. The van der Waals surface area contributed by atoms with Gasteiger partial charge in [0.1, 0.15) is 0 Å². The zero-order valence-electron chi connectivity index (χ0n) is 19.9. The fourth-order valence-corrected chi connectivity index (χ4v) is 5.05. The van der Waals surface area contributed by atoms with E-state index in [1.54, 1.807) is 0 Å². The number of aromatic nitrogens is 2. The molecule has 0 radical (unpaired) electrons. The second-order valence-electron chi connectivity index (χ2n) is 9.27. The maximum absolute atomic E-state index is 13.5. The minimum atomic E-state index is 0.0151. The van der Waals surface area contributed by atoms with E-state index in [9.17, 15) is 4.79 Å². The van der Waals surface area contributed by atoms with E-state index >= 15 is 0 Å². The van der Waals surface area contributed by atoms with Gasteiger partial charge in [0.25, 0.3) is 0 Å². The number of carbonyl (C=O) groups excluding carboxylic acids is 1. The van der Waals surface area contributed by atoms with Gasteiger partial charge in [0.15, 0.2) is 11.5 Å². The van der Waals surface area contributed by atoms with Crippen molar-refractivity contribution >= 4 is 5.91 Å². The van der Waals surface area contributed by atoms with Gasteiger partial charge in [-0.15, -0.1) is 10.2 Å². The van der Waals surface area contributed by atoms with Crippen LogP contribution in [0.15, 0.2) is 83.3 Å². The van der Waals surface area contributed by atoms with Crippen molar-refractivity contribution in [3.8, 4) is 23.0 Å². The van der Waals surface area contributed by atoms with E-state index < -0.39 is 0 Å². The van der Waals surface area contributed by atoms with Crippen LogP contribution in [0.5, 0.6) is 11.5 Å². The molecule has 182 valence electrons. The van der Waals surface area contributed by atoms with Crippen molar-refractivity contribution in [1.29, 1.82) is 0 Å². The third-order valence-electron chi connectivity index (χ3n) is 6.97. The predicted octanol–water partition coefficient (Wildman–Crippen LogP) is 5.39. The Morgan fingerprint density at radius 3 is 2.39 bits per heavy atom. The van der Waals surface area contributed by atoms with Gasteiger partial charge in [-0.05, 0) is 42.2 Å². The second kappa shape index (κ2) is 9.85. The zero-order chi connectivity index (χ0) is 24.3. The summed E-state index contributed by atoms with van der Waals surface area (Å²) >= 11 is 0. The van der Waals surface area contributed by atoms with Gasteiger partial charge in [0, 0.05) is 31.0 Å². The molecule has 3 heterocycles. The van der Waals surface area contributed by atoms with Crippen molar-refractivity contribution in [2.75, 3.05) is 19.9 Å². The van der Waals surface area contributed by atoms with Gasteiger partial charge >= 0.3 is 0 Å². The normalized spacial score (nSPS) is 16.9. The lowest BCUT2D eigenvalue weighted by atomic mass is 9.87. The fraction of sp³-hybridized carbons (Fsp3) is 0.276. The highest BCUT2D eigenvalue weighted by Crippen LogP contribution is 2.37. The van der Waals surface area contributed by atoms with E-state index in [-0.39, 0.29) is 24.5 Å². The van der Waals surface area contributed by atoms with Crippen LogP contribution in [0.3, 0.4) is 0 Å². The summed E-state index contributed by atoms with van der Waals surface area (Å²) in [7, 11) is 0. The van der Waals surface area contributed by atoms with Gasteiger partial charge in [0.2, 0.25) is 24.5 Å². The van der Waals surface area contributed by atoms with Crippen molar-refractivity contribution in [3.63, 3.8) is 0 Å². The molecule has 1 saturated heterocycles. The third kappa shape index (κ3) is 4.56. The summed E-state index contributed by atoms with van der Waals surface area (Å²) in [6.07, 6.45) is 2.24. The third-order valence-corrected chi connectivity index (χ3v) is 6.97. The number of hydrogen-bond acceptors (Lipinski definition) is 6. The molecule has 1 unspecified atom stereocenters. The monoisotopic (exact) mass is 481 g/mol. The minimum Gasteiger partial charge on any atom is -0.454 e. The summed E-state index contributed by atoms with van der Waals surface area (Å²) in [5.41, 5.74) is 3.09. The van der Waals surface area contributed by atoms with Gasteiger partial charge in [-0.3, -0.25) is 4.79 Å². The van der Waals surface area contributed by atoms with Crippen LogP contribution in [0.1, 0.15) is 48.1 Å². The first kappa shape index (κ1) is 22.3. The first-order valence-electron chi connectivity index (χ1n) is 12.4. The summed E-state index contributed by atoms with van der Waals surface area (Å²) in [5, 5.41) is 8.60. The number of likely N-dealkylation sites (tertiary alicyclic amines) is 1. The second-order valence-corrected chi connectivity index (χ2v) is 9.27. The number of piperidine rings is 1. The number of nitrogens with zero attached hydrogens (tertiary/aromatic N) is 3. The van der Waals surface area contributed by atoms with Crippen LogP contribution in [0.25, 0.3) is 11.5 Å². The lowest BCUT2D eigenvalue weighted by Gasteiger charge is -2.32. The van der Waals surface area contributed by atoms with Gasteiger partial charge in [-0.2, -0.15) is 0 Å². The Bertz CT molecular complexity index is 1300. The van der Waals surface area contributed by atoms with Crippen molar-refractivity contribution in [3.05, 3.63) is 95.9 Å². The van der Waals surface area contributed by atoms with E-state index in [0.717, 1.165) is 36.1 Å². The van der Waals surface area contributed by atoms with Crippen LogP contribution in [0.2, 0.25) is 0 Å². The van der Waals surface area contributed by atoms with Crippen molar-refractivity contribution in [2.24, 2.45) is 0 Å². The molecule has 7 nitrogen and oxygen atoms in total. The summed E-state index contributed by atoms with van der Waals surface area (Å²) in [6, 6.07) is 26.1. The van der Waals surface area contributed by atoms with Crippen LogP contribution < -0.4 is 9.47 Å². The van der Waals surface area contributed by atoms with Crippen LogP contribution in [-0.4, -0.2) is 40.9 Å². The number of ether oxygens (including phenoxy) is 2. The van der Waals surface area contributed by atoms with E-state index in [0.29, 0.717) is 36.2 Å². The van der Waals surface area contributed by atoms with Gasteiger partial charge in [-0.25, -0.2) is 0 Å². The molecule has 1 fully saturated rings. The smallest absolute Gasteiger partial charge is 0.247 e. The average molecular weight is 482 g/mol. The summed E-state index contributed by atoms with van der Waals surface area (Å²) in [6.45, 7) is 1.54. The standard InChI is InChI=1S/C29H27N3O4/c33-27(17-24(20-8-3-1-4-9-20)21-10-5-2-6-11-21)32-15-7-12-23(18-32)29-31-30-28(36-29)22-13-14-25-26(16-22)35-19-34-25/h1-6,8-11,13-14,16,23-24H,7,12,15,17-19H2. The Kier molecular flexibility index (Phi) is 6.11. The predicted molar refractivity (Wildman–Crippen MR) is 134 cm³/mol. The molecule has 0 N–H and O–H groups in total. The number of carbonyl (C=O) groups is 1. The summed E-state index contributed by atoms with van der Waals surface area (Å²) in [5.74, 6) is 2.58. The fourth-order valence-electron chi connectivity index (χ4n) is 5.05. The molecule has 1 atom stereocenters. The summed E-state index contributed by atoms with van der Waals surface area (Å²) in [4.78, 5) is 15.5. The molecule has 6 rings (SSSR count). The Labute approximate surface area is 209 Å². The molecule has 0 saturated carbocycles. The summed E-state index contributed by atoms with van der Waals surface area (Å²) < 4.78 is 16.9. The topological polar surface area (TPSA) is 77.7 Å². The van der Waals surface area contributed by atoms with E-state index in [4.69, 9.17) is 13.9 Å². The molecule has 2 aliphatic heterocycles. The molecule has 1 amide bonds. The van der Waals surface area contributed by atoms with Gasteiger partial charge in [-0.1, -0.05) is 60.7 Å². The van der Waals surface area contributed by atoms with E-state index in [2.05, 4.69) is 34.5 Å². The maximum Gasteiger partial charge on any atom is 0.247 e. The minimum absolute atomic E-state index is 0.0151. The van der Waals surface area contributed by atoms with Crippen molar-refractivity contribution in [2.45, 2.75) is 31.1 Å². The highest BCUT2D eigenvalue weighted by Gasteiger charge is 2.30. The molecule has 36 heavy (non-hydrogen) atoms. The molecule has 0 spiro atoms. The Morgan fingerprint density at radius 1 is 0.917 bits per heavy atom.